The van der Waals surface area contributed by atoms with Crippen LogP contribution in [0.15, 0.2) is 23.1 Å². The summed E-state index contributed by atoms with van der Waals surface area (Å²) in [5.74, 6) is 1.08. The van der Waals surface area contributed by atoms with Gasteiger partial charge in [-0.2, -0.15) is 0 Å². The molecule has 1 N–H and O–H groups in total. The number of fused-ring (bicyclic) bond motifs is 1. The highest BCUT2D eigenvalue weighted by Crippen LogP contribution is 2.38. The van der Waals surface area contributed by atoms with Crippen LogP contribution < -0.4 is 9.62 Å². The van der Waals surface area contributed by atoms with Crippen LogP contribution in [0.5, 0.6) is 0 Å². The molecule has 2 fully saturated rings. The Hall–Kier alpha value is -1.44. The summed E-state index contributed by atoms with van der Waals surface area (Å²) in [5, 5.41) is 0. The van der Waals surface area contributed by atoms with Crippen molar-refractivity contribution in [2.45, 2.75) is 69.7 Å². The number of nitrogens with zero attached hydrogens (tertiary/aromatic N) is 2. The molecule has 0 radical (unpaired) electrons. The van der Waals surface area contributed by atoms with E-state index in [-0.39, 0.29) is 17.9 Å². The first-order chi connectivity index (χ1) is 14.3. The minimum atomic E-state index is -3.53. The molecule has 30 heavy (non-hydrogen) atoms. The van der Waals surface area contributed by atoms with Crippen molar-refractivity contribution in [3.8, 4) is 0 Å². The summed E-state index contributed by atoms with van der Waals surface area (Å²) in [4.78, 5) is 17.4. The molecule has 4 rings (SSSR count). The molecule has 2 atom stereocenters. The first kappa shape index (κ1) is 21.8. The van der Waals surface area contributed by atoms with Gasteiger partial charge in [0.25, 0.3) is 0 Å². The first-order valence-corrected chi connectivity index (χ1v) is 13.0. The molecular formula is C23H35N3O3S. The second kappa shape index (κ2) is 8.97. The molecule has 1 aromatic rings. The lowest BCUT2D eigenvalue weighted by atomic mass is 9.84. The maximum absolute atomic E-state index is 12.8. The summed E-state index contributed by atoms with van der Waals surface area (Å²) >= 11 is 0. The Morgan fingerprint density at radius 3 is 2.67 bits per heavy atom. The molecular weight excluding hydrogens is 398 g/mol. The van der Waals surface area contributed by atoms with Crippen molar-refractivity contribution in [2.24, 2.45) is 11.8 Å². The van der Waals surface area contributed by atoms with E-state index < -0.39 is 10.0 Å². The summed E-state index contributed by atoms with van der Waals surface area (Å²) in [6.45, 7) is 7.96. The Balaban J connectivity index is 1.36. The van der Waals surface area contributed by atoms with Crippen molar-refractivity contribution in [1.82, 2.24) is 9.62 Å². The molecule has 0 bridgehead atoms. The summed E-state index contributed by atoms with van der Waals surface area (Å²) in [5.41, 5.74) is 1.85. The second-order valence-electron chi connectivity index (χ2n) is 9.48. The van der Waals surface area contributed by atoms with Crippen LogP contribution in [-0.4, -0.2) is 51.4 Å². The van der Waals surface area contributed by atoms with Crippen LogP contribution in [0.25, 0.3) is 0 Å². The molecule has 0 aromatic heterocycles. The van der Waals surface area contributed by atoms with Gasteiger partial charge < -0.3 is 9.80 Å². The predicted molar refractivity (Wildman–Crippen MR) is 119 cm³/mol. The van der Waals surface area contributed by atoms with Gasteiger partial charge in [-0.1, -0.05) is 13.3 Å². The lowest BCUT2D eigenvalue weighted by molar-refractivity contribution is -0.125. The quantitative estimate of drug-likeness (QED) is 0.671. The molecule has 0 unspecified atom stereocenters. The number of carbonyl (C=O) groups is 1. The van der Waals surface area contributed by atoms with E-state index in [9.17, 15) is 13.2 Å². The maximum atomic E-state index is 12.8. The summed E-state index contributed by atoms with van der Waals surface area (Å²) in [6.07, 6.45) is 7.14. The van der Waals surface area contributed by atoms with E-state index in [4.69, 9.17) is 0 Å². The fraction of sp³-hybridized carbons (Fsp3) is 0.696. The Kier molecular flexibility index (Phi) is 6.51. The third-order valence-electron chi connectivity index (χ3n) is 6.95. The van der Waals surface area contributed by atoms with E-state index >= 15 is 0 Å². The molecule has 2 heterocycles. The minimum absolute atomic E-state index is 0.0888. The van der Waals surface area contributed by atoms with Crippen LogP contribution in [0, 0.1) is 11.8 Å². The topological polar surface area (TPSA) is 69.7 Å². The molecule has 1 saturated heterocycles. The molecule has 166 valence electrons. The molecule has 2 aliphatic heterocycles. The van der Waals surface area contributed by atoms with E-state index in [0.717, 1.165) is 62.5 Å². The lowest BCUT2D eigenvalue weighted by Gasteiger charge is -2.32. The van der Waals surface area contributed by atoms with Gasteiger partial charge in [-0.25, -0.2) is 13.1 Å². The van der Waals surface area contributed by atoms with Crippen molar-refractivity contribution in [2.75, 3.05) is 31.1 Å². The predicted octanol–water partition coefficient (Wildman–Crippen LogP) is 3.16. The number of rotatable bonds is 7. The van der Waals surface area contributed by atoms with Gasteiger partial charge in [0.1, 0.15) is 0 Å². The maximum Gasteiger partial charge on any atom is 0.240 e. The van der Waals surface area contributed by atoms with Crippen LogP contribution in [0.2, 0.25) is 0 Å². The van der Waals surface area contributed by atoms with Crippen LogP contribution in [0.3, 0.4) is 0 Å². The Morgan fingerprint density at radius 1 is 1.17 bits per heavy atom. The number of piperidine rings is 1. The van der Waals surface area contributed by atoms with E-state index in [2.05, 4.69) is 16.5 Å². The average molecular weight is 434 g/mol. The van der Waals surface area contributed by atoms with Gasteiger partial charge in [0.2, 0.25) is 15.9 Å². The van der Waals surface area contributed by atoms with E-state index in [1.54, 1.807) is 12.1 Å². The molecule has 1 amide bonds. The van der Waals surface area contributed by atoms with Crippen molar-refractivity contribution < 1.29 is 13.2 Å². The van der Waals surface area contributed by atoms with Crippen LogP contribution in [0.1, 0.15) is 57.9 Å². The number of benzene rings is 1. The highest BCUT2D eigenvalue weighted by atomic mass is 32.2. The number of amides is 1. The third kappa shape index (κ3) is 4.58. The number of sulfonamides is 1. The molecule has 6 nitrogen and oxygen atoms in total. The fourth-order valence-electron chi connectivity index (χ4n) is 5.04. The van der Waals surface area contributed by atoms with E-state index in [1.807, 2.05) is 17.9 Å². The molecule has 7 heteroatoms. The normalized spacial score (nSPS) is 25.2. The van der Waals surface area contributed by atoms with Gasteiger partial charge in [-0.05, 0) is 88.2 Å². The van der Waals surface area contributed by atoms with Crippen molar-refractivity contribution in [1.29, 1.82) is 0 Å². The number of hydrogen-bond donors (Lipinski definition) is 1. The van der Waals surface area contributed by atoms with Crippen LogP contribution in [0.4, 0.5) is 5.69 Å². The van der Waals surface area contributed by atoms with Gasteiger partial charge in [-0.3, -0.25) is 4.79 Å². The smallest absolute Gasteiger partial charge is 0.240 e. The van der Waals surface area contributed by atoms with Crippen LogP contribution >= 0.6 is 0 Å². The molecule has 3 aliphatic rings. The van der Waals surface area contributed by atoms with E-state index in [1.165, 1.54) is 12.8 Å². The zero-order valence-corrected chi connectivity index (χ0v) is 19.1. The standard InChI is InChI=1S/C23H35N3O3S/c1-17-6-4-12-25(16-17)13-5-11-24-30(28,29)21-9-10-22-20(15-21)14-18(2)26(22)23(27)19-7-3-8-19/h9-10,15,17-19,24H,3-8,11-14,16H2,1-2H3/t17-,18-/m0/s1. The Bertz CT molecular complexity index is 882. The monoisotopic (exact) mass is 433 g/mol. The van der Waals surface area contributed by atoms with Gasteiger partial charge in [0.15, 0.2) is 0 Å². The highest BCUT2D eigenvalue weighted by molar-refractivity contribution is 7.89. The minimum Gasteiger partial charge on any atom is -0.309 e. The van der Waals surface area contributed by atoms with Gasteiger partial charge in [-0.15, -0.1) is 0 Å². The molecule has 1 saturated carbocycles. The average Bonchev–Trinajstić information content (AvgIpc) is 2.99. The lowest BCUT2D eigenvalue weighted by Crippen LogP contribution is -2.42. The SMILES string of the molecule is C[C@H]1CCCN(CCCNS(=O)(=O)c2ccc3c(c2)C[C@H](C)N3C(=O)C2CCC2)C1. The summed E-state index contributed by atoms with van der Waals surface area (Å²) in [7, 11) is -3.53. The van der Waals surface area contributed by atoms with Gasteiger partial charge >= 0.3 is 0 Å². The zero-order chi connectivity index (χ0) is 21.3. The van der Waals surface area contributed by atoms with E-state index in [0.29, 0.717) is 17.9 Å². The molecule has 0 spiro atoms. The van der Waals surface area contributed by atoms with Crippen molar-refractivity contribution in [3.63, 3.8) is 0 Å². The van der Waals surface area contributed by atoms with Gasteiger partial charge in [0, 0.05) is 30.7 Å². The van der Waals surface area contributed by atoms with Gasteiger partial charge in [0.05, 0.1) is 4.90 Å². The summed E-state index contributed by atoms with van der Waals surface area (Å²) < 4.78 is 28.3. The molecule has 1 aromatic carbocycles. The molecule has 1 aliphatic carbocycles. The van der Waals surface area contributed by atoms with Crippen molar-refractivity contribution in [3.05, 3.63) is 23.8 Å². The van der Waals surface area contributed by atoms with Crippen molar-refractivity contribution >= 4 is 21.6 Å². The number of likely N-dealkylation sites (tertiary alicyclic amines) is 1. The van der Waals surface area contributed by atoms with Crippen LogP contribution in [-0.2, 0) is 21.2 Å². The number of carbonyl (C=O) groups excluding carboxylic acids is 1. The third-order valence-corrected chi connectivity index (χ3v) is 8.41. The second-order valence-corrected chi connectivity index (χ2v) is 11.2. The number of hydrogen-bond acceptors (Lipinski definition) is 4. The largest absolute Gasteiger partial charge is 0.309 e. The first-order valence-electron chi connectivity index (χ1n) is 11.5. The zero-order valence-electron chi connectivity index (χ0n) is 18.3. The Morgan fingerprint density at radius 2 is 1.97 bits per heavy atom. The number of anilines is 1. The fourth-order valence-corrected chi connectivity index (χ4v) is 6.17. The summed E-state index contributed by atoms with van der Waals surface area (Å²) in [6, 6.07) is 5.31. The highest BCUT2D eigenvalue weighted by Gasteiger charge is 2.37. The number of nitrogens with one attached hydrogen (secondary N) is 1. The Labute approximate surface area is 181 Å².